The molecule has 0 amide bonds. The summed E-state index contributed by atoms with van der Waals surface area (Å²) in [6.07, 6.45) is 2.12. The number of nitrogens with zero attached hydrogens (tertiary/aromatic N) is 4. The van der Waals surface area contributed by atoms with E-state index in [2.05, 4.69) is 42.8 Å². The Labute approximate surface area is 218 Å². The molecular formula is C21H43Cl4N7. The van der Waals surface area contributed by atoms with E-state index in [-0.39, 0.29) is 49.6 Å². The first-order valence-electron chi connectivity index (χ1n) is 10.8. The zero-order chi connectivity index (χ0) is 20.5. The normalized spacial score (nSPS) is 10.3. The molecular weight excluding hydrogens is 492 g/mol. The molecule has 0 radical (unpaired) electrons. The van der Waals surface area contributed by atoms with Crippen LogP contribution in [0.5, 0.6) is 0 Å². The Morgan fingerprint density at radius 2 is 1.38 bits per heavy atom. The number of nitrogens with one attached hydrogen (secondary N) is 1. The summed E-state index contributed by atoms with van der Waals surface area (Å²) >= 11 is 0. The van der Waals surface area contributed by atoms with Gasteiger partial charge in [0.05, 0.1) is 11.2 Å². The number of anilines is 3. The molecule has 0 fully saturated rings. The molecule has 2 aromatic rings. The van der Waals surface area contributed by atoms with Crippen molar-refractivity contribution in [1.29, 1.82) is 0 Å². The fraction of sp³-hybridized carbons (Fsp3) is 0.667. The molecule has 32 heavy (non-hydrogen) atoms. The van der Waals surface area contributed by atoms with Crippen LogP contribution >= 0.6 is 49.6 Å². The number of halogens is 4. The van der Waals surface area contributed by atoms with Gasteiger partial charge in [0, 0.05) is 24.2 Å². The number of hydrogen-bond donors (Lipinski definition) is 3. The molecule has 5 N–H and O–H groups in total. The number of nitrogen functional groups attached to an aromatic ring is 2. The number of aryl methyl sites for hydroxylation is 1. The third-order valence-electron chi connectivity index (χ3n) is 5.47. The molecule has 7 nitrogen and oxygen atoms in total. The third kappa shape index (κ3) is 9.98. The standard InChI is InChI=1S/C21H39N7.4ClH/c1-5-26(6-2)12-9-11-24-21-18-15-17(22)16-19(23)20(18)28(25-21)14-10-13-27(7-3)8-4;;;;/h15-16H,5-14,22-23H2,1-4H3,(H,24,25);4*1H. The number of hydrogen-bond acceptors (Lipinski definition) is 6. The van der Waals surface area contributed by atoms with Crippen LogP contribution in [0.1, 0.15) is 40.5 Å². The topological polar surface area (TPSA) is 88.4 Å². The Hall–Kier alpha value is -0.830. The van der Waals surface area contributed by atoms with Crippen LogP contribution in [-0.2, 0) is 6.54 Å². The Morgan fingerprint density at radius 1 is 0.844 bits per heavy atom. The highest BCUT2D eigenvalue weighted by Gasteiger charge is 2.14. The van der Waals surface area contributed by atoms with Gasteiger partial charge in [-0.05, 0) is 64.2 Å². The molecule has 1 aromatic carbocycles. The minimum atomic E-state index is 0. The lowest BCUT2D eigenvalue weighted by molar-refractivity contribution is 0.292. The minimum Gasteiger partial charge on any atom is -0.399 e. The van der Waals surface area contributed by atoms with Gasteiger partial charge >= 0.3 is 0 Å². The maximum absolute atomic E-state index is 6.30. The smallest absolute Gasteiger partial charge is 0.156 e. The van der Waals surface area contributed by atoms with Crippen molar-refractivity contribution in [3.8, 4) is 0 Å². The van der Waals surface area contributed by atoms with Gasteiger partial charge in [-0.15, -0.1) is 49.6 Å². The summed E-state index contributed by atoms with van der Waals surface area (Å²) in [5.41, 5.74) is 14.7. The maximum atomic E-state index is 6.30. The summed E-state index contributed by atoms with van der Waals surface area (Å²) in [6.45, 7) is 17.0. The number of nitrogens with two attached hydrogens (primary N) is 2. The first-order valence-corrected chi connectivity index (χ1v) is 10.8. The summed E-state index contributed by atoms with van der Waals surface area (Å²) < 4.78 is 2.04. The van der Waals surface area contributed by atoms with Crippen LogP contribution in [0.15, 0.2) is 12.1 Å². The highest BCUT2D eigenvalue weighted by molar-refractivity contribution is 5.99. The number of benzene rings is 1. The van der Waals surface area contributed by atoms with Crippen LogP contribution in [0.25, 0.3) is 10.9 Å². The highest BCUT2D eigenvalue weighted by Crippen LogP contribution is 2.30. The maximum Gasteiger partial charge on any atom is 0.156 e. The molecule has 0 atom stereocenters. The van der Waals surface area contributed by atoms with Crippen LogP contribution in [0, 0.1) is 0 Å². The molecule has 0 spiro atoms. The van der Waals surface area contributed by atoms with Crippen molar-refractivity contribution >= 4 is 77.7 Å². The largest absolute Gasteiger partial charge is 0.399 e. The van der Waals surface area contributed by atoms with Crippen LogP contribution in [0.3, 0.4) is 0 Å². The fourth-order valence-electron chi connectivity index (χ4n) is 3.70. The average molecular weight is 535 g/mol. The van der Waals surface area contributed by atoms with Crippen molar-refractivity contribution < 1.29 is 0 Å². The molecule has 0 aliphatic carbocycles. The summed E-state index contributed by atoms with van der Waals surface area (Å²) in [6, 6.07) is 3.81. The van der Waals surface area contributed by atoms with Gasteiger partial charge in [-0.2, -0.15) is 5.10 Å². The van der Waals surface area contributed by atoms with Gasteiger partial charge < -0.3 is 26.6 Å². The van der Waals surface area contributed by atoms with Crippen LogP contribution in [0.4, 0.5) is 17.2 Å². The summed E-state index contributed by atoms with van der Waals surface area (Å²) in [5.74, 6) is 0.886. The number of aromatic nitrogens is 2. The van der Waals surface area contributed by atoms with Crippen molar-refractivity contribution in [3.05, 3.63) is 12.1 Å². The van der Waals surface area contributed by atoms with Crippen molar-refractivity contribution in [2.45, 2.75) is 47.1 Å². The third-order valence-corrected chi connectivity index (χ3v) is 5.47. The molecule has 1 aromatic heterocycles. The second kappa shape index (κ2) is 18.6. The first kappa shape index (κ1) is 35.8. The Bertz CT molecular complexity index is 734. The first-order chi connectivity index (χ1) is 13.5. The van der Waals surface area contributed by atoms with Crippen LogP contribution in [-0.4, -0.2) is 65.4 Å². The Kier molecular flexibility index (Phi) is 20.8. The Balaban J connectivity index is -0.00000210. The molecule has 2 rings (SSSR count). The molecule has 0 aliphatic rings. The van der Waals surface area contributed by atoms with Crippen molar-refractivity contribution in [2.75, 3.05) is 62.6 Å². The molecule has 11 heteroatoms. The van der Waals surface area contributed by atoms with Crippen molar-refractivity contribution in [2.24, 2.45) is 0 Å². The quantitative estimate of drug-likeness (QED) is 0.253. The molecule has 0 aliphatic heterocycles. The molecule has 0 unspecified atom stereocenters. The van der Waals surface area contributed by atoms with Crippen molar-refractivity contribution in [3.63, 3.8) is 0 Å². The summed E-state index contributed by atoms with van der Waals surface area (Å²) in [4.78, 5) is 4.86. The molecule has 1 heterocycles. The Morgan fingerprint density at radius 3 is 1.91 bits per heavy atom. The van der Waals surface area contributed by atoms with Gasteiger partial charge in [0.25, 0.3) is 0 Å². The highest BCUT2D eigenvalue weighted by atomic mass is 35.5. The van der Waals surface area contributed by atoms with E-state index in [0.29, 0.717) is 11.4 Å². The van der Waals surface area contributed by atoms with E-state index >= 15 is 0 Å². The SMILES string of the molecule is CCN(CC)CCCNc1nn(CCCN(CC)CC)c2c(N)cc(N)cc12.Cl.Cl.Cl.Cl. The lowest BCUT2D eigenvalue weighted by atomic mass is 10.2. The van der Waals surface area contributed by atoms with Gasteiger partial charge in [0.1, 0.15) is 0 Å². The molecule has 190 valence electrons. The second-order valence-corrected chi connectivity index (χ2v) is 7.27. The number of rotatable bonds is 13. The van der Waals surface area contributed by atoms with Gasteiger partial charge in [0.15, 0.2) is 5.82 Å². The van der Waals surface area contributed by atoms with Gasteiger partial charge in [-0.1, -0.05) is 27.7 Å². The average Bonchev–Trinajstić information content (AvgIpc) is 3.03. The van der Waals surface area contributed by atoms with Crippen LogP contribution in [0.2, 0.25) is 0 Å². The second-order valence-electron chi connectivity index (χ2n) is 7.27. The number of fused-ring (bicyclic) bond motifs is 1. The predicted octanol–water partition coefficient (Wildman–Crippen LogP) is 4.76. The molecule has 0 bridgehead atoms. The molecule has 0 saturated heterocycles. The molecule has 0 saturated carbocycles. The van der Waals surface area contributed by atoms with E-state index in [1.54, 1.807) is 0 Å². The summed E-state index contributed by atoms with van der Waals surface area (Å²) in [7, 11) is 0. The zero-order valence-corrected chi connectivity index (χ0v) is 23.1. The zero-order valence-electron chi connectivity index (χ0n) is 19.8. The predicted molar refractivity (Wildman–Crippen MR) is 151 cm³/mol. The van der Waals surface area contributed by atoms with Crippen molar-refractivity contribution in [1.82, 2.24) is 19.6 Å². The van der Waals surface area contributed by atoms with Gasteiger partial charge in [-0.3, -0.25) is 4.68 Å². The van der Waals surface area contributed by atoms with Gasteiger partial charge in [0.2, 0.25) is 0 Å². The monoisotopic (exact) mass is 533 g/mol. The van der Waals surface area contributed by atoms with Crippen LogP contribution < -0.4 is 16.8 Å². The van der Waals surface area contributed by atoms with Gasteiger partial charge in [-0.25, -0.2) is 0 Å². The lowest BCUT2D eigenvalue weighted by Gasteiger charge is -2.17. The summed E-state index contributed by atoms with van der Waals surface area (Å²) in [5, 5.41) is 9.36. The van der Waals surface area contributed by atoms with E-state index < -0.39 is 0 Å². The van der Waals surface area contributed by atoms with E-state index in [0.717, 1.165) is 81.9 Å². The minimum absolute atomic E-state index is 0. The van der Waals surface area contributed by atoms with E-state index in [1.807, 2.05) is 16.8 Å². The fourth-order valence-corrected chi connectivity index (χ4v) is 3.70. The van der Waals surface area contributed by atoms with E-state index in [4.69, 9.17) is 16.6 Å². The van der Waals surface area contributed by atoms with E-state index in [1.165, 1.54) is 0 Å². The lowest BCUT2D eigenvalue weighted by Crippen LogP contribution is -2.25. The van der Waals surface area contributed by atoms with E-state index in [9.17, 15) is 0 Å².